The van der Waals surface area contributed by atoms with Crippen molar-refractivity contribution in [3.63, 3.8) is 0 Å². The average Bonchev–Trinajstić information content (AvgIpc) is 2.94. The molecule has 2 nitrogen and oxygen atoms in total. The first kappa shape index (κ1) is 17.5. The highest BCUT2D eigenvalue weighted by atomic mass is 16.3. The fourth-order valence-corrected chi connectivity index (χ4v) is 3.70. The molecule has 1 fully saturated rings. The highest BCUT2D eigenvalue weighted by Crippen LogP contribution is 2.39. The summed E-state index contributed by atoms with van der Waals surface area (Å²) in [5.41, 5.74) is 8.75. The molecule has 0 bridgehead atoms. The maximum absolute atomic E-state index is 9.42. The van der Waals surface area contributed by atoms with Crippen LogP contribution in [0.4, 0.5) is 0 Å². The van der Waals surface area contributed by atoms with Crippen molar-refractivity contribution in [2.24, 2.45) is 5.73 Å². The maximum atomic E-state index is 9.42. The summed E-state index contributed by atoms with van der Waals surface area (Å²) in [6, 6.07) is 9.06. The van der Waals surface area contributed by atoms with Crippen LogP contribution in [0.15, 0.2) is 24.3 Å². The molecule has 1 aromatic carbocycles. The van der Waals surface area contributed by atoms with Crippen LogP contribution in [0.3, 0.4) is 0 Å². The molecule has 0 radical (unpaired) electrons. The van der Waals surface area contributed by atoms with Crippen LogP contribution in [-0.2, 0) is 6.42 Å². The number of hydrogen-bond acceptors (Lipinski definition) is 2. The van der Waals surface area contributed by atoms with Crippen molar-refractivity contribution < 1.29 is 5.11 Å². The highest BCUT2D eigenvalue weighted by molar-refractivity contribution is 5.28. The number of rotatable bonds is 9. The van der Waals surface area contributed by atoms with Crippen LogP contribution in [0.25, 0.3) is 0 Å². The Kier molecular flexibility index (Phi) is 6.91. The van der Waals surface area contributed by atoms with Crippen molar-refractivity contribution in [1.29, 1.82) is 0 Å². The van der Waals surface area contributed by atoms with Crippen molar-refractivity contribution in [2.45, 2.75) is 82.6 Å². The third kappa shape index (κ3) is 5.10. The molecule has 22 heavy (non-hydrogen) atoms. The Bertz CT molecular complexity index is 445. The lowest BCUT2D eigenvalue weighted by Gasteiger charge is -2.21. The minimum absolute atomic E-state index is 0.112. The Morgan fingerprint density at radius 1 is 1.18 bits per heavy atom. The van der Waals surface area contributed by atoms with Crippen molar-refractivity contribution in [1.82, 2.24) is 0 Å². The Hall–Kier alpha value is -0.860. The quantitative estimate of drug-likeness (QED) is 0.658. The molecule has 1 aliphatic rings. The van der Waals surface area contributed by atoms with Crippen LogP contribution in [0.5, 0.6) is 0 Å². The van der Waals surface area contributed by atoms with Gasteiger partial charge in [-0.15, -0.1) is 0 Å². The van der Waals surface area contributed by atoms with Crippen LogP contribution in [0.2, 0.25) is 0 Å². The molecular formula is C20H33NO. The summed E-state index contributed by atoms with van der Waals surface area (Å²) in [5, 5.41) is 9.42. The maximum Gasteiger partial charge on any atom is 0.0611 e. The van der Waals surface area contributed by atoms with Crippen LogP contribution < -0.4 is 5.73 Å². The molecule has 2 atom stereocenters. The lowest BCUT2D eigenvalue weighted by Crippen LogP contribution is -2.40. The van der Waals surface area contributed by atoms with Gasteiger partial charge in [0, 0.05) is 5.54 Å². The fourth-order valence-electron chi connectivity index (χ4n) is 3.70. The van der Waals surface area contributed by atoms with Gasteiger partial charge in [-0.1, -0.05) is 63.3 Å². The lowest BCUT2D eigenvalue weighted by molar-refractivity contribution is 0.198. The van der Waals surface area contributed by atoms with Gasteiger partial charge >= 0.3 is 0 Å². The molecule has 0 aliphatic heterocycles. The molecule has 1 saturated carbocycles. The van der Waals surface area contributed by atoms with Gasteiger partial charge in [-0.25, -0.2) is 0 Å². The molecule has 3 N–H and O–H groups in total. The Morgan fingerprint density at radius 2 is 1.95 bits per heavy atom. The van der Waals surface area contributed by atoms with Crippen molar-refractivity contribution in [3.05, 3.63) is 35.4 Å². The van der Waals surface area contributed by atoms with Crippen molar-refractivity contribution in [3.8, 4) is 0 Å². The van der Waals surface area contributed by atoms with Gasteiger partial charge in [-0.2, -0.15) is 0 Å². The van der Waals surface area contributed by atoms with Gasteiger partial charge in [-0.05, 0) is 49.1 Å². The SMILES string of the molecule is CCCCCCCCc1cccc(C2CCC(N)(CO)C2)c1. The molecule has 1 aliphatic carbocycles. The van der Waals surface area contributed by atoms with Crippen LogP contribution in [-0.4, -0.2) is 17.3 Å². The molecule has 0 saturated heterocycles. The third-order valence-electron chi connectivity index (χ3n) is 5.20. The topological polar surface area (TPSA) is 46.2 Å². The van der Waals surface area contributed by atoms with Gasteiger partial charge in [0.25, 0.3) is 0 Å². The van der Waals surface area contributed by atoms with Crippen LogP contribution in [0, 0.1) is 0 Å². The molecule has 0 spiro atoms. The van der Waals surface area contributed by atoms with E-state index in [1.165, 1.54) is 56.1 Å². The van der Waals surface area contributed by atoms with Crippen LogP contribution in [0.1, 0.15) is 81.8 Å². The standard InChI is InChI=1S/C20H33NO/c1-2-3-4-5-6-7-9-17-10-8-11-18(14-17)19-12-13-20(21,15-19)16-22/h8,10-11,14,19,22H,2-7,9,12-13,15-16,21H2,1H3. The van der Waals surface area contributed by atoms with E-state index in [4.69, 9.17) is 5.73 Å². The van der Waals surface area contributed by atoms with Gasteiger partial charge in [-0.3, -0.25) is 0 Å². The number of nitrogens with two attached hydrogens (primary N) is 1. The lowest BCUT2D eigenvalue weighted by atomic mass is 9.92. The number of aryl methyl sites for hydroxylation is 1. The Balaban J connectivity index is 1.80. The summed E-state index contributed by atoms with van der Waals surface area (Å²) >= 11 is 0. The predicted molar refractivity (Wildman–Crippen MR) is 94.1 cm³/mol. The van der Waals surface area contributed by atoms with Crippen molar-refractivity contribution >= 4 is 0 Å². The molecule has 0 aromatic heterocycles. The van der Waals surface area contributed by atoms with Crippen molar-refractivity contribution in [2.75, 3.05) is 6.61 Å². The molecule has 2 unspecified atom stereocenters. The first-order chi connectivity index (χ1) is 10.7. The molecular weight excluding hydrogens is 270 g/mol. The zero-order chi connectivity index (χ0) is 15.8. The zero-order valence-corrected chi connectivity index (χ0v) is 14.2. The largest absolute Gasteiger partial charge is 0.394 e. The normalized spacial score (nSPS) is 24.8. The molecule has 2 rings (SSSR count). The summed E-state index contributed by atoms with van der Waals surface area (Å²) in [6.45, 7) is 2.38. The first-order valence-electron chi connectivity index (χ1n) is 9.15. The van der Waals surface area contributed by atoms with E-state index in [2.05, 4.69) is 31.2 Å². The predicted octanol–water partition coefficient (Wildman–Crippen LogP) is 4.55. The van der Waals surface area contributed by atoms with Gasteiger partial charge in [0.15, 0.2) is 0 Å². The summed E-state index contributed by atoms with van der Waals surface area (Å²) in [6.07, 6.45) is 12.3. The van der Waals surface area contributed by atoms with E-state index in [-0.39, 0.29) is 12.1 Å². The van der Waals surface area contributed by atoms with Gasteiger partial charge in [0.1, 0.15) is 0 Å². The van der Waals surface area contributed by atoms with Gasteiger partial charge < -0.3 is 10.8 Å². The highest BCUT2D eigenvalue weighted by Gasteiger charge is 2.35. The zero-order valence-electron chi connectivity index (χ0n) is 14.2. The summed E-state index contributed by atoms with van der Waals surface area (Å²) in [5.74, 6) is 0.529. The average molecular weight is 303 g/mol. The molecule has 124 valence electrons. The second-order valence-corrected chi connectivity index (χ2v) is 7.22. The number of aliphatic hydroxyl groups excluding tert-OH is 1. The van der Waals surface area contributed by atoms with E-state index in [1.807, 2.05) is 0 Å². The van der Waals surface area contributed by atoms with Gasteiger partial charge in [0.05, 0.1) is 6.61 Å². The van der Waals surface area contributed by atoms with Crippen LogP contribution >= 0.6 is 0 Å². The summed E-state index contributed by atoms with van der Waals surface area (Å²) in [7, 11) is 0. The molecule has 0 amide bonds. The van der Waals surface area contributed by atoms with Gasteiger partial charge in [0.2, 0.25) is 0 Å². The van der Waals surface area contributed by atoms with E-state index >= 15 is 0 Å². The molecule has 1 aromatic rings. The second-order valence-electron chi connectivity index (χ2n) is 7.22. The van der Waals surface area contributed by atoms with E-state index in [1.54, 1.807) is 0 Å². The fraction of sp³-hybridized carbons (Fsp3) is 0.700. The number of hydrogen-bond donors (Lipinski definition) is 2. The molecule has 2 heteroatoms. The Labute approximate surface area is 136 Å². The van der Waals surface area contributed by atoms with E-state index in [0.29, 0.717) is 5.92 Å². The first-order valence-corrected chi connectivity index (χ1v) is 9.15. The Morgan fingerprint density at radius 3 is 2.68 bits per heavy atom. The summed E-state index contributed by atoms with van der Waals surface area (Å²) in [4.78, 5) is 0. The minimum atomic E-state index is -0.347. The summed E-state index contributed by atoms with van der Waals surface area (Å²) < 4.78 is 0. The second kappa shape index (κ2) is 8.69. The number of aliphatic hydroxyl groups is 1. The monoisotopic (exact) mass is 303 g/mol. The smallest absolute Gasteiger partial charge is 0.0611 e. The number of benzene rings is 1. The van der Waals surface area contributed by atoms with E-state index in [9.17, 15) is 5.11 Å². The third-order valence-corrected chi connectivity index (χ3v) is 5.20. The van der Waals surface area contributed by atoms with E-state index < -0.39 is 0 Å². The van der Waals surface area contributed by atoms with E-state index in [0.717, 1.165) is 19.3 Å². The number of unbranched alkanes of at least 4 members (excludes halogenated alkanes) is 5. The molecule has 0 heterocycles. The minimum Gasteiger partial charge on any atom is -0.394 e.